The van der Waals surface area contributed by atoms with Crippen molar-refractivity contribution in [2.75, 3.05) is 20.8 Å². The zero-order valence-corrected chi connectivity index (χ0v) is 10.6. The van der Waals surface area contributed by atoms with E-state index in [1.165, 1.54) is 6.20 Å². The third kappa shape index (κ3) is 3.54. The first-order valence-corrected chi connectivity index (χ1v) is 5.34. The van der Waals surface area contributed by atoms with E-state index in [-0.39, 0.29) is 5.97 Å². The van der Waals surface area contributed by atoms with Crippen molar-refractivity contribution in [3.05, 3.63) is 18.0 Å². The lowest BCUT2D eigenvalue weighted by Crippen LogP contribution is -2.35. The molecule has 0 aliphatic heterocycles. The van der Waals surface area contributed by atoms with Gasteiger partial charge in [-0.3, -0.25) is 4.68 Å². The molecule has 0 spiro atoms. The summed E-state index contributed by atoms with van der Waals surface area (Å²) in [5, 5.41) is 4.06. The van der Waals surface area contributed by atoms with Gasteiger partial charge in [-0.05, 0) is 13.8 Å². The van der Waals surface area contributed by atoms with Crippen molar-refractivity contribution in [1.82, 2.24) is 9.78 Å². The maximum Gasteiger partial charge on any atom is 0.341 e. The van der Waals surface area contributed by atoms with Crippen molar-refractivity contribution in [1.29, 1.82) is 0 Å². The van der Waals surface area contributed by atoms with Crippen LogP contribution < -0.4 is 0 Å². The lowest BCUT2D eigenvalue weighted by molar-refractivity contribution is -0.202. The van der Waals surface area contributed by atoms with Gasteiger partial charge in [0.2, 0.25) is 0 Å². The largest absolute Gasteiger partial charge is 0.462 e. The maximum atomic E-state index is 11.4. The zero-order chi connectivity index (χ0) is 12.9. The summed E-state index contributed by atoms with van der Waals surface area (Å²) < 4.78 is 16.9. The van der Waals surface area contributed by atoms with Gasteiger partial charge in [0.15, 0.2) is 5.79 Å². The summed E-state index contributed by atoms with van der Waals surface area (Å²) in [4.78, 5) is 11.4. The lowest BCUT2D eigenvalue weighted by Gasteiger charge is -2.25. The Morgan fingerprint density at radius 1 is 1.47 bits per heavy atom. The highest BCUT2D eigenvalue weighted by Gasteiger charge is 2.24. The SMILES string of the molecule is CCOC(=O)c1cnn(CC(C)(OC)OC)c1. The van der Waals surface area contributed by atoms with Gasteiger partial charge >= 0.3 is 5.97 Å². The van der Waals surface area contributed by atoms with Gasteiger partial charge in [0, 0.05) is 20.4 Å². The quantitative estimate of drug-likeness (QED) is 0.551. The van der Waals surface area contributed by atoms with Crippen molar-refractivity contribution < 1.29 is 19.0 Å². The van der Waals surface area contributed by atoms with Gasteiger partial charge in [-0.25, -0.2) is 4.79 Å². The second-order valence-corrected chi connectivity index (χ2v) is 3.69. The van der Waals surface area contributed by atoms with E-state index in [0.717, 1.165) is 0 Å². The summed E-state index contributed by atoms with van der Waals surface area (Å²) in [6, 6.07) is 0. The van der Waals surface area contributed by atoms with Gasteiger partial charge in [-0.2, -0.15) is 5.10 Å². The molecule has 1 aromatic rings. The Kier molecular flexibility index (Phi) is 4.65. The van der Waals surface area contributed by atoms with Crippen LogP contribution in [0.3, 0.4) is 0 Å². The fraction of sp³-hybridized carbons (Fsp3) is 0.636. The summed E-state index contributed by atoms with van der Waals surface area (Å²) in [5.74, 6) is -1.15. The minimum absolute atomic E-state index is 0.345. The Morgan fingerprint density at radius 3 is 2.65 bits per heavy atom. The van der Waals surface area contributed by atoms with Crippen LogP contribution in [0.25, 0.3) is 0 Å². The van der Waals surface area contributed by atoms with E-state index in [9.17, 15) is 4.79 Å². The van der Waals surface area contributed by atoms with Gasteiger partial charge < -0.3 is 14.2 Å². The molecule has 0 aliphatic rings. The van der Waals surface area contributed by atoms with Crippen molar-refractivity contribution in [2.24, 2.45) is 0 Å². The number of carbonyl (C=O) groups is 1. The average Bonchev–Trinajstić information content (AvgIpc) is 2.77. The zero-order valence-electron chi connectivity index (χ0n) is 10.6. The Hall–Kier alpha value is -1.40. The van der Waals surface area contributed by atoms with E-state index in [2.05, 4.69) is 5.10 Å². The van der Waals surface area contributed by atoms with E-state index in [1.54, 1.807) is 38.9 Å². The van der Waals surface area contributed by atoms with Gasteiger partial charge in [0.05, 0.1) is 24.9 Å². The predicted octanol–water partition coefficient (Wildman–Crippen LogP) is 1.07. The van der Waals surface area contributed by atoms with Gasteiger partial charge in [0.1, 0.15) is 0 Å². The minimum atomic E-state index is -0.766. The molecule has 6 nitrogen and oxygen atoms in total. The number of esters is 1. The molecule has 1 heterocycles. The molecule has 17 heavy (non-hydrogen) atoms. The van der Waals surface area contributed by atoms with E-state index in [1.807, 2.05) is 0 Å². The van der Waals surface area contributed by atoms with E-state index in [4.69, 9.17) is 14.2 Å². The third-order valence-electron chi connectivity index (χ3n) is 2.46. The fourth-order valence-corrected chi connectivity index (χ4v) is 1.28. The van der Waals surface area contributed by atoms with Gasteiger partial charge in [-0.1, -0.05) is 0 Å². The van der Waals surface area contributed by atoms with Crippen LogP contribution in [0.2, 0.25) is 0 Å². The summed E-state index contributed by atoms with van der Waals surface area (Å²) >= 11 is 0. The number of hydrogen-bond acceptors (Lipinski definition) is 5. The third-order valence-corrected chi connectivity index (χ3v) is 2.46. The highest BCUT2D eigenvalue weighted by molar-refractivity contribution is 5.88. The predicted molar refractivity (Wildman–Crippen MR) is 60.6 cm³/mol. The second-order valence-electron chi connectivity index (χ2n) is 3.69. The Morgan fingerprint density at radius 2 is 2.12 bits per heavy atom. The number of aromatic nitrogens is 2. The summed E-state index contributed by atoms with van der Waals surface area (Å²) in [6.45, 7) is 4.28. The number of carbonyl (C=O) groups excluding carboxylic acids is 1. The van der Waals surface area contributed by atoms with Crippen LogP contribution in [0.1, 0.15) is 24.2 Å². The fourth-order valence-electron chi connectivity index (χ4n) is 1.28. The van der Waals surface area contributed by atoms with E-state index < -0.39 is 5.79 Å². The molecule has 1 rings (SSSR count). The Balaban J connectivity index is 2.71. The molecule has 0 amide bonds. The van der Waals surface area contributed by atoms with E-state index >= 15 is 0 Å². The maximum absolute atomic E-state index is 11.4. The van der Waals surface area contributed by atoms with Crippen LogP contribution in [0.4, 0.5) is 0 Å². The van der Waals surface area contributed by atoms with Crippen LogP contribution >= 0.6 is 0 Å². The topological polar surface area (TPSA) is 62.6 Å². The van der Waals surface area contributed by atoms with Crippen LogP contribution in [-0.2, 0) is 20.8 Å². The standard InChI is InChI=1S/C11H18N2O4/c1-5-17-10(14)9-6-12-13(7-9)8-11(2,15-3)16-4/h6-7H,5,8H2,1-4H3. The first-order chi connectivity index (χ1) is 8.04. The molecule has 0 atom stereocenters. The first-order valence-electron chi connectivity index (χ1n) is 5.34. The molecule has 0 aliphatic carbocycles. The van der Waals surface area contributed by atoms with Gasteiger partial charge in [-0.15, -0.1) is 0 Å². The lowest BCUT2D eigenvalue weighted by atomic mass is 10.3. The molecule has 1 aromatic heterocycles. The van der Waals surface area contributed by atoms with Crippen LogP contribution in [-0.4, -0.2) is 42.4 Å². The van der Waals surface area contributed by atoms with Crippen molar-refractivity contribution >= 4 is 5.97 Å². The number of hydrogen-bond donors (Lipinski definition) is 0. The first kappa shape index (κ1) is 13.7. The number of methoxy groups -OCH3 is 2. The molecule has 96 valence electrons. The molecule has 6 heteroatoms. The van der Waals surface area contributed by atoms with Crippen LogP contribution in [0, 0.1) is 0 Å². The van der Waals surface area contributed by atoms with Gasteiger partial charge in [0.25, 0.3) is 0 Å². The minimum Gasteiger partial charge on any atom is -0.462 e. The van der Waals surface area contributed by atoms with Crippen molar-refractivity contribution in [2.45, 2.75) is 26.2 Å². The molecule has 0 unspecified atom stereocenters. The molecule has 0 N–H and O–H groups in total. The molecular formula is C11H18N2O4. The Bertz CT molecular complexity index is 371. The normalized spacial score (nSPS) is 11.5. The van der Waals surface area contributed by atoms with E-state index in [0.29, 0.717) is 18.7 Å². The highest BCUT2D eigenvalue weighted by atomic mass is 16.7. The number of ether oxygens (including phenoxy) is 3. The average molecular weight is 242 g/mol. The highest BCUT2D eigenvalue weighted by Crippen LogP contribution is 2.13. The number of rotatable bonds is 6. The Labute approximate surface area is 100 Å². The number of nitrogens with zero attached hydrogens (tertiary/aromatic N) is 2. The molecular weight excluding hydrogens is 224 g/mol. The molecule has 0 fully saturated rings. The molecule has 0 bridgehead atoms. The van der Waals surface area contributed by atoms with Crippen LogP contribution in [0.5, 0.6) is 0 Å². The summed E-state index contributed by atoms with van der Waals surface area (Å²) in [5.41, 5.74) is 0.418. The smallest absolute Gasteiger partial charge is 0.341 e. The molecule has 0 radical (unpaired) electrons. The van der Waals surface area contributed by atoms with Crippen LogP contribution in [0.15, 0.2) is 12.4 Å². The molecule has 0 saturated carbocycles. The molecule has 0 saturated heterocycles. The van der Waals surface area contributed by atoms with Crippen molar-refractivity contribution in [3.63, 3.8) is 0 Å². The summed E-state index contributed by atoms with van der Waals surface area (Å²) in [7, 11) is 3.11. The monoisotopic (exact) mass is 242 g/mol. The summed E-state index contributed by atoms with van der Waals surface area (Å²) in [6.07, 6.45) is 3.07. The van der Waals surface area contributed by atoms with Crippen molar-refractivity contribution in [3.8, 4) is 0 Å². The second kappa shape index (κ2) is 5.79. The molecule has 0 aromatic carbocycles.